The van der Waals surface area contributed by atoms with E-state index in [0.717, 1.165) is 11.8 Å². The quantitative estimate of drug-likeness (QED) is 0.609. The lowest BCUT2D eigenvalue weighted by atomic mass is 9.50. The van der Waals surface area contributed by atoms with Crippen LogP contribution in [0.15, 0.2) is 0 Å². The molecule has 0 saturated heterocycles. The number of carbonyl (C=O) groups excluding carboxylic acids is 1. The number of ether oxygens (including phenoxy) is 2. The molecule has 0 aliphatic heterocycles. The molecule has 0 spiro atoms. The maximum Gasteiger partial charge on any atom is 0.331 e. The Kier molecular flexibility index (Phi) is 3.56. The minimum Gasteiger partial charge on any atom is -0.462 e. The molecular formula is C15H24O4. The number of hydrogen-bond donors (Lipinski definition) is 1. The molecule has 0 aromatic carbocycles. The number of aliphatic hydroxyl groups is 1. The van der Waals surface area contributed by atoms with E-state index < -0.39 is 12.6 Å². The second kappa shape index (κ2) is 5.06. The van der Waals surface area contributed by atoms with E-state index in [9.17, 15) is 4.79 Å². The van der Waals surface area contributed by atoms with Crippen molar-refractivity contribution in [3.63, 3.8) is 0 Å². The Morgan fingerprint density at radius 1 is 1.11 bits per heavy atom. The third-order valence-electron chi connectivity index (χ3n) is 5.65. The molecule has 1 N–H and O–H groups in total. The lowest BCUT2D eigenvalue weighted by Crippen LogP contribution is -2.57. The van der Waals surface area contributed by atoms with Gasteiger partial charge in [0.15, 0.2) is 0 Å². The predicted octanol–water partition coefficient (Wildman–Crippen LogP) is 1.75. The molecule has 4 heteroatoms. The minimum atomic E-state index is -0.571. The van der Waals surface area contributed by atoms with Crippen LogP contribution in [0.2, 0.25) is 0 Å². The largest absolute Gasteiger partial charge is 0.462 e. The van der Waals surface area contributed by atoms with Crippen molar-refractivity contribution in [2.45, 2.75) is 44.6 Å². The zero-order valence-electron chi connectivity index (χ0n) is 11.6. The third kappa shape index (κ3) is 2.40. The van der Waals surface area contributed by atoms with Crippen LogP contribution in [0.5, 0.6) is 0 Å². The molecule has 0 heterocycles. The predicted molar refractivity (Wildman–Crippen MR) is 69.4 cm³/mol. The first-order valence-electron chi connectivity index (χ1n) is 7.52. The summed E-state index contributed by atoms with van der Waals surface area (Å²) < 4.78 is 11.0. The molecule has 0 radical (unpaired) electrons. The Morgan fingerprint density at radius 2 is 1.68 bits per heavy atom. The molecule has 4 nitrogen and oxygen atoms in total. The fourth-order valence-corrected chi connectivity index (χ4v) is 4.82. The van der Waals surface area contributed by atoms with Crippen molar-refractivity contribution in [1.29, 1.82) is 0 Å². The van der Waals surface area contributed by atoms with Gasteiger partial charge in [-0.05, 0) is 62.7 Å². The highest BCUT2D eigenvalue weighted by atomic mass is 16.6. The van der Waals surface area contributed by atoms with Crippen LogP contribution < -0.4 is 0 Å². The molecule has 4 aliphatic carbocycles. The van der Waals surface area contributed by atoms with Crippen LogP contribution in [0.1, 0.15) is 39.0 Å². The number of rotatable bonds is 5. The second-order valence-electron chi connectivity index (χ2n) is 6.72. The summed E-state index contributed by atoms with van der Waals surface area (Å²) in [6, 6.07) is 0. The van der Waals surface area contributed by atoms with E-state index in [1.165, 1.54) is 32.1 Å². The Balaban J connectivity index is 1.53. The highest BCUT2D eigenvalue weighted by molar-refractivity contribution is 5.70. The summed E-state index contributed by atoms with van der Waals surface area (Å²) in [5.74, 6) is 2.69. The van der Waals surface area contributed by atoms with Gasteiger partial charge in [-0.1, -0.05) is 0 Å². The van der Waals surface area contributed by atoms with E-state index in [1.54, 1.807) is 0 Å². The third-order valence-corrected chi connectivity index (χ3v) is 5.65. The molecule has 4 fully saturated rings. The molecule has 0 unspecified atom stereocenters. The second-order valence-corrected chi connectivity index (χ2v) is 6.72. The van der Waals surface area contributed by atoms with Gasteiger partial charge in [-0.25, -0.2) is 4.79 Å². The summed E-state index contributed by atoms with van der Waals surface area (Å²) >= 11 is 0. The van der Waals surface area contributed by atoms with Crippen molar-refractivity contribution in [2.24, 2.45) is 23.7 Å². The molecule has 4 saturated carbocycles. The number of aliphatic hydroxyl groups excluding tert-OH is 1. The summed E-state index contributed by atoms with van der Waals surface area (Å²) in [4.78, 5) is 10.9. The lowest BCUT2D eigenvalue weighted by Gasteiger charge is -2.59. The Bertz CT molecular complexity index is 324. The van der Waals surface area contributed by atoms with Gasteiger partial charge in [-0.15, -0.1) is 0 Å². The lowest BCUT2D eigenvalue weighted by molar-refractivity contribution is -0.200. The van der Waals surface area contributed by atoms with Gasteiger partial charge in [-0.2, -0.15) is 0 Å². The van der Waals surface area contributed by atoms with Gasteiger partial charge < -0.3 is 14.6 Å². The molecule has 4 rings (SSSR count). The van der Waals surface area contributed by atoms with Crippen LogP contribution in [0, 0.1) is 23.7 Å². The minimum absolute atomic E-state index is 0.0148. The van der Waals surface area contributed by atoms with Gasteiger partial charge in [0.25, 0.3) is 0 Å². The highest BCUT2D eigenvalue weighted by Crippen LogP contribution is 2.59. The van der Waals surface area contributed by atoms with E-state index in [2.05, 4.69) is 6.92 Å². The zero-order valence-corrected chi connectivity index (χ0v) is 11.6. The van der Waals surface area contributed by atoms with Crippen LogP contribution in [0.25, 0.3) is 0 Å². The molecule has 0 amide bonds. The van der Waals surface area contributed by atoms with Gasteiger partial charge in [0.1, 0.15) is 13.2 Å². The van der Waals surface area contributed by atoms with E-state index in [0.29, 0.717) is 18.4 Å². The molecular weight excluding hydrogens is 244 g/mol. The Morgan fingerprint density at radius 3 is 2.21 bits per heavy atom. The van der Waals surface area contributed by atoms with Crippen LogP contribution in [0.4, 0.5) is 0 Å². The van der Waals surface area contributed by atoms with Gasteiger partial charge in [0.05, 0.1) is 12.2 Å². The highest BCUT2D eigenvalue weighted by Gasteiger charge is 2.55. The van der Waals surface area contributed by atoms with Crippen molar-refractivity contribution in [3.8, 4) is 0 Å². The van der Waals surface area contributed by atoms with E-state index in [-0.39, 0.29) is 12.2 Å². The first-order chi connectivity index (χ1) is 9.11. The molecule has 4 bridgehead atoms. The topological polar surface area (TPSA) is 55.8 Å². The smallest absolute Gasteiger partial charge is 0.331 e. The maximum absolute atomic E-state index is 10.9. The summed E-state index contributed by atoms with van der Waals surface area (Å²) in [6.07, 6.45) is 6.72. The van der Waals surface area contributed by atoms with Gasteiger partial charge >= 0.3 is 5.97 Å². The first-order valence-corrected chi connectivity index (χ1v) is 7.52. The molecule has 0 atom stereocenters. The van der Waals surface area contributed by atoms with Crippen molar-refractivity contribution in [1.82, 2.24) is 0 Å². The summed E-state index contributed by atoms with van der Waals surface area (Å²) in [5, 5.41) is 8.58. The summed E-state index contributed by atoms with van der Waals surface area (Å²) in [6.45, 7) is 2.41. The standard InChI is InChI=1S/C15H24O4/c1-15(19-3-2-18-14(17)9-16)12-5-10-4-11(7-12)8-13(15)6-10/h10-13,16H,2-9H2,1H3. The fraction of sp³-hybridized carbons (Fsp3) is 0.933. The van der Waals surface area contributed by atoms with Gasteiger partial charge in [0.2, 0.25) is 0 Å². The van der Waals surface area contributed by atoms with Crippen molar-refractivity contribution in [2.75, 3.05) is 19.8 Å². The van der Waals surface area contributed by atoms with Gasteiger partial charge in [-0.3, -0.25) is 0 Å². The van der Waals surface area contributed by atoms with Crippen LogP contribution in [0.3, 0.4) is 0 Å². The average Bonchev–Trinajstić information content (AvgIpc) is 2.40. The first kappa shape index (κ1) is 13.4. The van der Waals surface area contributed by atoms with Crippen molar-refractivity contribution >= 4 is 5.97 Å². The average molecular weight is 268 g/mol. The summed E-state index contributed by atoms with van der Waals surface area (Å²) in [7, 11) is 0. The van der Waals surface area contributed by atoms with Gasteiger partial charge in [0, 0.05) is 0 Å². The number of hydrogen-bond acceptors (Lipinski definition) is 4. The van der Waals surface area contributed by atoms with Crippen molar-refractivity contribution < 1.29 is 19.4 Å². The van der Waals surface area contributed by atoms with E-state index >= 15 is 0 Å². The SMILES string of the molecule is CC1(OCCOC(=O)CO)C2CC3CC(C2)CC1C3. The Hall–Kier alpha value is -0.610. The molecule has 19 heavy (non-hydrogen) atoms. The Labute approximate surface area is 114 Å². The number of carbonyl (C=O) groups is 1. The van der Waals surface area contributed by atoms with Crippen molar-refractivity contribution in [3.05, 3.63) is 0 Å². The molecule has 4 aliphatic rings. The van der Waals surface area contributed by atoms with E-state index in [1.807, 2.05) is 0 Å². The van der Waals surface area contributed by atoms with Crippen LogP contribution in [-0.2, 0) is 14.3 Å². The van der Waals surface area contributed by atoms with Crippen LogP contribution >= 0.6 is 0 Å². The monoisotopic (exact) mass is 268 g/mol. The molecule has 0 aromatic heterocycles. The van der Waals surface area contributed by atoms with E-state index in [4.69, 9.17) is 14.6 Å². The number of esters is 1. The maximum atomic E-state index is 10.9. The molecule has 0 aromatic rings. The zero-order chi connectivity index (χ0) is 13.5. The molecule has 108 valence electrons. The normalized spacial score (nSPS) is 43.5. The van der Waals surface area contributed by atoms with Crippen LogP contribution in [-0.4, -0.2) is 36.5 Å². The summed E-state index contributed by atoms with van der Waals surface area (Å²) in [5.41, 5.74) is -0.0148. The fourth-order valence-electron chi connectivity index (χ4n) is 4.82.